The average molecular weight is 406 g/mol. The van der Waals surface area contributed by atoms with Gasteiger partial charge in [0.15, 0.2) is 11.5 Å². The Morgan fingerprint density at radius 3 is 2.36 bits per heavy atom. The van der Waals surface area contributed by atoms with Gasteiger partial charge in [-0.2, -0.15) is 0 Å². The first-order valence-electron chi connectivity index (χ1n) is 8.46. The van der Waals surface area contributed by atoms with Crippen LogP contribution in [-0.2, 0) is 0 Å². The van der Waals surface area contributed by atoms with E-state index in [2.05, 4.69) is 35.1 Å². The van der Waals surface area contributed by atoms with Crippen LogP contribution in [0.4, 0.5) is 5.69 Å². The second-order valence-electron chi connectivity index (χ2n) is 5.87. The number of anilines is 1. The first kappa shape index (κ1) is 19.3. The van der Waals surface area contributed by atoms with Gasteiger partial charge >= 0.3 is 0 Å². The molecule has 0 aliphatic rings. The maximum absolute atomic E-state index is 12.7. The predicted molar refractivity (Wildman–Crippen MR) is 105 cm³/mol. The van der Waals surface area contributed by atoms with Gasteiger partial charge in [-0.15, -0.1) is 0 Å². The minimum atomic E-state index is -0.173. The quantitative estimate of drug-likeness (QED) is 0.649. The molecule has 2 aromatic carbocycles. The molecule has 0 heterocycles. The third kappa shape index (κ3) is 4.98. The minimum absolute atomic E-state index is 0.173. The highest BCUT2D eigenvalue weighted by Gasteiger charge is 2.14. The summed E-state index contributed by atoms with van der Waals surface area (Å²) < 4.78 is 12.1. The topological polar surface area (TPSA) is 47.6 Å². The van der Waals surface area contributed by atoms with Crippen molar-refractivity contribution >= 4 is 27.5 Å². The van der Waals surface area contributed by atoms with Crippen molar-refractivity contribution in [3.8, 4) is 11.5 Å². The number of carbonyl (C=O) groups is 1. The van der Waals surface area contributed by atoms with Gasteiger partial charge in [0.2, 0.25) is 0 Å². The number of hydrogen-bond donors (Lipinski definition) is 1. The van der Waals surface area contributed by atoms with Crippen molar-refractivity contribution in [2.24, 2.45) is 0 Å². The molecule has 1 N–H and O–H groups in total. The Kier molecular flexibility index (Phi) is 6.88. The molecule has 1 amide bonds. The Bertz CT molecular complexity index is 744. The molecule has 25 heavy (non-hydrogen) atoms. The Hall–Kier alpha value is -2.01. The normalized spacial score (nSPS) is 10.6. The van der Waals surface area contributed by atoms with Gasteiger partial charge in [0.25, 0.3) is 5.91 Å². The molecule has 0 spiro atoms. The highest BCUT2D eigenvalue weighted by Crippen LogP contribution is 2.31. The van der Waals surface area contributed by atoms with E-state index in [1.807, 2.05) is 32.0 Å². The number of nitrogens with one attached hydrogen (secondary N) is 1. The van der Waals surface area contributed by atoms with Gasteiger partial charge in [-0.05, 0) is 61.7 Å². The maximum atomic E-state index is 12.7. The van der Waals surface area contributed by atoms with Crippen LogP contribution >= 0.6 is 15.9 Å². The molecule has 0 atom stereocenters. The van der Waals surface area contributed by atoms with Crippen molar-refractivity contribution in [3.05, 3.63) is 52.0 Å². The van der Waals surface area contributed by atoms with E-state index < -0.39 is 0 Å². The molecule has 134 valence electrons. The third-order valence-corrected chi connectivity index (χ3v) is 4.18. The van der Waals surface area contributed by atoms with E-state index >= 15 is 0 Å². The van der Waals surface area contributed by atoms with Crippen LogP contribution in [0, 0.1) is 0 Å². The summed E-state index contributed by atoms with van der Waals surface area (Å²) in [5, 5.41) is 3.00. The molecule has 0 fully saturated rings. The predicted octanol–water partition coefficient (Wildman–Crippen LogP) is 5.62. The molecule has 4 nitrogen and oxygen atoms in total. The van der Waals surface area contributed by atoms with Gasteiger partial charge in [-0.25, -0.2) is 0 Å². The van der Waals surface area contributed by atoms with Gasteiger partial charge in [0.1, 0.15) is 0 Å². The SMILES string of the molecule is CCOc1ccc(C(=O)Nc2ccc(Br)cc2C(C)C)cc1OCC. The lowest BCUT2D eigenvalue weighted by Crippen LogP contribution is -2.14. The number of carbonyl (C=O) groups excluding carboxylic acids is 1. The van der Waals surface area contributed by atoms with E-state index in [0.29, 0.717) is 36.2 Å². The van der Waals surface area contributed by atoms with Crippen LogP contribution in [0.25, 0.3) is 0 Å². The summed E-state index contributed by atoms with van der Waals surface area (Å²) >= 11 is 3.48. The highest BCUT2D eigenvalue weighted by molar-refractivity contribution is 9.10. The number of benzene rings is 2. The maximum Gasteiger partial charge on any atom is 0.255 e. The van der Waals surface area contributed by atoms with Gasteiger partial charge in [-0.3, -0.25) is 4.79 Å². The fraction of sp³-hybridized carbons (Fsp3) is 0.350. The van der Waals surface area contributed by atoms with E-state index in [1.54, 1.807) is 18.2 Å². The van der Waals surface area contributed by atoms with Crippen LogP contribution in [0.1, 0.15) is 49.5 Å². The number of halogens is 1. The zero-order valence-corrected chi connectivity index (χ0v) is 16.6. The first-order valence-corrected chi connectivity index (χ1v) is 9.26. The summed E-state index contributed by atoms with van der Waals surface area (Å²) in [5.74, 6) is 1.35. The Morgan fingerprint density at radius 1 is 1.04 bits per heavy atom. The van der Waals surface area contributed by atoms with Crippen LogP contribution in [0.2, 0.25) is 0 Å². The third-order valence-electron chi connectivity index (χ3n) is 3.69. The van der Waals surface area contributed by atoms with Crippen LogP contribution in [0.5, 0.6) is 11.5 Å². The largest absolute Gasteiger partial charge is 0.490 e. The lowest BCUT2D eigenvalue weighted by molar-refractivity contribution is 0.102. The highest BCUT2D eigenvalue weighted by atomic mass is 79.9. The van der Waals surface area contributed by atoms with Crippen LogP contribution < -0.4 is 14.8 Å². The van der Waals surface area contributed by atoms with E-state index in [-0.39, 0.29) is 5.91 Å². The molecule has 0 saturated carbocycles. The molecular formula is C20H24BrNO3. The molecule has 0 aliphatic carbocycles. The summed E-state index contributed by atoms with van der Waals surface area (Å²) in [6.45, 7) is 9.07. The Morgan fingerprint density at radius 2 is 1.72 bits per heavy atom. The summed E-state index contributed by atoms with van der Waals surface area (Å²) in [5.41, 5.74) is 2.43. The Labute approximate surface area is 157 Å². The molecule has 0 radical (unpaired) electrons. The summed E-state index contributed by atoms with van der Waals surface area (Å²) in [6, 6.07) is 11.1. The van der Waals surface area contributed by atoms with E-state index in [9.17, 15) is 4.79 Å². The summed E-state index contributed by atoms with van der Waals surface area (Å²) in [4.78, 5) is 12.7. The zero-order valence-electron chi connectivity index (χ0n) is 15.1. The van der Waals surface area contributed by atoms with E-state index in [4.69, 9.17) is 9.47 Å². The monoisotopic (exact) mass is 405 g/mol. The summed E-state index contributed by atoms with van der Waals surface area (Å²) in [7, 11) is 0. The fourth-order valence-corrected chi connectivity index (χ4v) is 2.89. The van der Waals surface area contributed by atoms with Crippen molar-refractivity contribution < 1.29 is 14.3 Å². The molecule has 0 aromatic heterocycles. The van der Waals surface area contributed by atoms with Crippen molar-refractivity contribution in [1.82, 2.24) is 0 Å². The molecular weight excluding hydrogens is 382 g/mol. The number of hydrogen-bond acceptors (Lipinski definition) is 3. The molecule has 0 aliphatic heterocycles. The first-order chi connectivity index (χ1) is 12.0. The molecule has 0 unspecified atom stereocenters. The van der Waals surface area contributed by atoms with Crippen LogP contribution in [-0.4, -0.2) is 19.1 Å². The zero-order chi connectivity index (χ0) is 18.4. The van der Waals surface area contributed by atoms with Gasteiger partial charge in [0, 0.05) is 15.7 Å². The molecule has 5 heteroatoms. The average Bonchev–Trinajstić information content (AvgIpc) is 2.58. The van der Waals surface area contributed by atoms with E-state index in [0.717, 1.165) is 15.7 Å². The van der Waals surface area contributed by atoms with Gasteiger partial charge in [-0.1, -0.05) is 29.8 Å². The Balaban J connectivity index is 2.28. The molecule has 2 rings (SSSR count). The minimum Gasteiger partial charge on any atom is -0.490 e. The van der Waals surface area contributed by atoms with Crippen molar-refractivity contribution in [2.75, 3.05) is 18.5 Å². The van der Waals surface area contributed by atoms with Crippen molar-refractivity contribution in [2.45, 2.75) is 33.6 Å². The molecule has 0 saturated heterocycles. The smallest absolute Gasteiger partial charge is 0.255 e. The van der Waals surface area contributed by atoms with Crippen molar-refractivity contribution in [1.29, 1.82) is 0 Å². The van der Waals surface area contributed by atoms with Crippen molar-refractivity contribution in [3.63, 3.8) is 0 Å². The fourth-order valence-electron chi connectivity index (χ4n) is 2.51. The van der Waals surface area contributed by atoms with Gasteiger partial charge in [0.05, 0.1) is 13.2 Å². The number of amides is 1. The standard InChI is InChI=1S/C20H24BrNO3/c1-5-24-18-10-7-14(11-19(18)25-6-2)20(23)22-17-9-8-15(21)12-16(17)13(3)4/h7-13H,5-6H2,1-4H3,(H,22,23). The lowest BCUT2D eigenvalue weighted by Gasteiger charge is -2.15. The van der Waals surface area contributed by atoms with Gasteiger partial charge < -0.3 is 14.8 Å². The number of ether oxygens (including phenoxy) is 2. The van der Waals surface area contributed by atoms with Crippen LogP contribution in [0.3, 0.4) is 0 Å². The van der Waals surface area contributed by atoms with Crippen LogP contribution in [0.15, 0.2) is 40.9 Å². The molecule has 0 bridgehead atoms. The van der Waals surface area contributed by atoms with E-state index in [1.165, 1.54) is 0 Å². The second kappa shape index (κ2) is 8.90. The number of rotatable bonds is 7. The molecule has 2 aromatic rings. The summed E-state index contributed by atoms with van der Waals surface area (Å²) in [6.07, 6.45) is 0. The lowest BCUT2D eigenvalue weighted by atomic mass is 10.0. The second-order valence-corrected chi connectivity index (χ2v) is 6.78.